The number of rotatable bonds is 5. The summed E-state index contributed by atoms with van der Waals surface area (Å²) >= 11 is 0. The lowest BCUT2D eigenvalue weighted by Crippen LogP contribution is -2.23. The Morgan fingerprint density at radius 2 is 2.32 bits per heavy atom. The zero-order valence-electron chi connectivity index (χ0n) is 12.3. The van der Waals surface area contributed by atoms with Crippen LogP contribution in [0.25, 0.3) is 17.1 Å². The zero-order chi connectivity index (χ0) is 15.4. The van der Waals surface area contributed by atoms with Crippen LogP contribution >= 0.6 is 0 Å². The highest BCUT2D eigenvalue weighted by atomic mass is 16.3. The highest BCUT2D eigenvalue weighted by Gasteiger charge is 2.06. The van der Waals surface area contributed by atoms with Crippen LogP contribution in [0.15, 0.2) is 53.4 Å². The molecule has 3 heterocycles. The Labute approximate surface area is 128 Å². The van der Waals surface area contributed by atoms with Crippen molar-refractivity contribution in [2.75, 3.05) is 6.54 Å². The van der Waals surface area contributed by atoms with Crippen molar-refractivity contribution >= 4 is 23.0 Å². The Morgan fingerprint density at radius 1 is 1.41 bits per heavy atom. The van der Waals surface area contributed by atoms with E-state index in [4.69, 9.17) is 4.42 Å². The smallest absolute Gasteiger partial charge is 0.244 e. The fraction of sp³-hybridized carbons (Fsp3) is 0.176. The molecule has 0 aliphatic carbocycles. The summed E-state index contributed by atoms with van der Waals surface area (Å²) in [6.45, 7) is 0.579. The molecule has 3 aromatic rings. The second kappa shape index (κ2) is 6.30. The number of hydrogen-bond donors (Lipinski definition) is 1. The lowest BCUT2D eigenvalue weighted by molar-refractivity contribution is -0.116. The maximum absolute atomic E-state index is 11.7. The van der Waals surface area contributed by atoms with Crippen LogP contribution in [0.3, 0.4) is 0 Å². The summed E-state index contributed by atoms with van der Waals surface area (Å²) in [5.74, 6) is 0.532. The van der Waals surface area contributed by atoms with Crippen molar-refractivity contribution in [3.63, 3.8) is 0 Å². The van der Waals surface area contributed by atoms with E-state index in [0.29, 0.717) is 12.3 Å². The van der Waals surface area contributed by atoms with Gasteiger partial charge in [-0.05, 0) is 42.3 Å². The van der Waals surface area contributed by atoms with Gasteiger partial charge in [0.05, 0.1) is 6.26 Å². The molecule has 0 saturated carbocycles. The first-order chi connectivity index (χ1) is 10.7. The van der Waals surface area contributed by atoms with E-state index < -0.39 is 0 Å². The molecule has 0 bridgehead atoms. The van der Waals surface area contributed by atoms with E-state index in [1.165, 1.54) is 11.6 Å². The molecular formula is C17H17N3O2. The summed E-state index contributed by atoms with van der Waals surface area (Å²) < 4.78 is 7.14. The van der Waals surface area contributed by atoms with Crippen molar-refractivity contribution < 1.29 is 9.21 Å². The highest BCUT2D eigenvalue weighted by Crippen LogP contribution is 2.18. The lowest BCUT2D eigenvalue weighted by atomic mass is 10.1. The molecule has 0 unspecified atom stereocenters. The first-order valence-corrected chi connectivity index (χ1v) is 7.12. The molecule has 0 aliphatic heterocycles. The molecule has 3 aromatic heterocycles. The predicted octanol–water partition coefficient (Wildman–Crippen LogP) is 2.54. The molecule has 0 aliphatic rings. The van der Waals surface area contributed by atoms with Crippen molar-refractivity contribution in [2.45, 2.75) is 6.42 Å². The predicted molar refractivity (Wildman–Crippen MR) is 85.2 cm³/mol. The molecule has 0 atom stereocenters. The van der Waals surface area contributed by atoms with Crippen LogP contribution in [-0.2, 0) is 18.3 Å². The molecule has 0 radical (unpaired) electrons. The van der Waals surface area contributed by atoms with Gasteiger partial charge in [-0.1, -0.05) is 0 Å². The maximum atomic E-state index is 11.7. The van der Waals surface area contributed by atoms with E-state index in [9.17, 15) is 4.79 Å². The second-order valence-corrected chi connectivity index (χ2v) is 5.03. The number of furan rings is 1. The van der Waals surface area contributed by atoms with Crippen LogP contribution < -0.4 is 5.32 Å². The molecule has 1 N–H and O–H groups in total. The SMILES string of the molecule is Cn1cc(CCNC(=O)/C=C/c2ccco2)c2cccnc21. The molecule has 1 amide bonds. The Bertz CT molecular complexity index is 801. The normalized spacial score (nSPS) is 11.3. The molecular weight excluding hydrogens is 278 g/mol. The molecule has 0 fully saturated rings. The summed E-state index contributed by atoms with van der Waals surface area (Å²) in [6.07, 6.45) is 9.31. The van der Waals surface area contributed by atoms with Crippen LogP contribution in [-0.4, -0.2) is 22.0 Å². The van der Waals surface area contributed by atoms with Gasteiger partial charge in [0.1, 0.15) is 11.4 Å². The Kier molecular flexibility index (Phi) is 4.05. The third kappa shape index (κ3) is 3.09. The summed E-state index contributed by atoms with van der Waals surface area (Å²) in [6, 6.07) is 7.56. The van der Waals surface area contributed by atoms with Crippen LogP contribution in [0.5, 0.6) is 0 Å². The third-order valence-corrected chi connectivity index (χ3v) is 3.45. The first kappa shape index (κ1) is 14.1. The van der Waals surface area contributed by atoms with Crippen LogP contribution in [0.2, 0.25) is 0 Å². The van der Waals surface area contributed by atoms with Crippen molar-refractivity contribution in [1.82, 2.24) is 14.9 Å². The quantitative estimate of drug-likeness (QED) is 0.736. The maximum Gasteiger partial charge on any atom is 0.244 e. The second-order valence-electron chi connectivity index (χ2n) is 5.03. The average molecular weight is 295 g/mol. The van der Waals surface area contributed by atoms with Crippen LogP contribution in [0.4, 0.5) is 0 Å². The van der Waals surface area contributed by atoms with Gasteiger partial charge in [0.2, 0.25) is 5.91 Å². The number of carbonyl (C=O) groups excluding carboxylic acids is 1. The summed E-state index contributed by atoms with van der Waals surface area (Å²) in [7, 11) is 1.98. The molecule has 0 spiro atoms. The molecule has 0 saturated heterocycles. The number of aromatic nitrogens is 2. The highest BCUT2D eigenvalue weighted by molar-refractivity contribution is 5.91. The fourth-order valence-electron chi connectivity index (χ4n) is 2.42. The minimum atomic E-state index is -0.130. The van der Waals surface area contributed by atoms with Gasteiger partial charge in [-0.3, -0.25) is 4.79 Å². The van der Waals surface area contributed by atoms with Gasteiger partial charge in [0.15, 0.2) is 0 Å². The third-order valence-electron chi connectivity index (χ3n) is 3.45. The van der Waals surface area contributed by atoms with Crippen molar-refractivity contribution in [2.24, 2.45) is 7.05 Å². The van der Waals surface area contributed by atoms with Gasteiger partial charge in [-0.15, -0.1) is 0 Å². The van der Waals surface area contributed by atoms with Crippen LogP contribution in [0, 0.1) is 0 Å². The summed E-state index contributed by atoms with van der Waals surface area (Å²) in [5, 5.41) is 4.00. The van der Waals surface area contributed by atoms with Gasteiger partial charge in [-0.2, -0.15) is 0 Å². The summed E-state index contributed by atoms with van der Waals surface area (Å²) in [5.41, 5.74) is 2.14. The van der Waals surface area contributed by atoms with Gasteiger partial charge >= 0.3 is 0 Å². The van der Waals surface area contributed by atoms with E-state index in [-0.39, 0.29) is 5.91 Å². The van der Waals surface area contributed by atoms with Crippen molar-refractivity contribution in [1.29, 1.82) is 0 Å². The van der Waals surface area contributed by atoms with Gasteiger partial charge in [0.25, 0.3) is 0 Å². The zero-order valence-corrected chi connectivity index (χ0v) is 12.3. The lowest BCUT2D eigenvalue weighted by Gasteiger charge is -2.01. The molecule has 112 valence electrons. The number of fused-ring (bicyclic) bond motifs is 1. The molecule has 22 heavy (non-hydrogen) atoms. The standard InChI is InChI=1S/C17H17N3O2/c1-20-12-13(15-5-2-9-19-17(15)20)8-10-18-16(21)7-6-14-4-3-11-22-14/h2-7,9,11-12H,8,10H2,1H3,(H,18,21)/b7-6+. The topological polar surface area (TPSA) is 60.1 Å². The van der Waals surface area contributed by atoms with E-state index in [0.717, 1.165) is 17.5 Å². The Balaban J connectivity index is 1.57. The van der Waals surface area contributed by atoms with E-state index in [2.05, 4.69) is 22.6 Å². The fourth-order valence-corrected chi connectivity index (χ4v) is 2.42. The largest absolute Gasteiger partial charge is 0.465 e. The molecule has 3 rings (SSSR count). The van der Waals surface area contributed by atoms with Crippen molar-refractivity contribution in [3.05, 3.63) is 60.3 Å². The monoisotopic (exact) mass is 295 g/mol. The van der Waals surface area contributed by atoms with E-state index in [1.54, 1.807) is 30.7 Å². The number of pyridine rings is 1. The van der Waals surface area contributed by atoms with Gasteiger partial charge in [-0.25, -0.2) is 4.98 Å². The minimum absolute atomic E-state index is 0.130. The number of nitrogens with one attached hydrogen (secondary N) is 1. The Morgan fingerprint density at radius 3 is 3.14 bits per heavy atom. The number of carbonyl (C=O) groups is 1. The number of hydrogen-bond acceptors (Lipinski definition) is 3. The van der Waals surface area contributed by atoms with Crippen molar-refractivity contribution in [3.8, 4) is 0 Å². The molecule has 5 nitrogen and oxygen atoms in total. The van der Waals surface area contributed by atoms with Crippen LogP contribution in [0.1, 0.15) is 11.3 Å². The number of aryl methyl sites for hydroxylation is 1. The van der Waals surface area contributed by atoms with E-state index in [1.807, 2.05) is 17.7 Å². The van der Waals surface area contributed by atoms with E-state index >= 15 is 0 Å². The minimum Gasteiger partial charge on any atom is -0.465 e. The summed E-state index contributed by atoms with van der Waals surface area (Å²) in [4.78, 5) is 16.1. The molecule has 0 aromatic carbocycles. The Hall–Kier alpha value is -2.82. The van der Waals surface area contributed by atoms with Gasteiger partial charge in [0, 0.05) is 37.4 Å². The number of nitrogens with zero attached hydrogens (tertiary/aromatic N) is 2. The van der Waals surface area contributed by atoms with Gasteiger partial charge < -0.3 is 14.3 Å². The average Bonchev–Trinajstić information content (AvgIpc) is 3.15. The number of amides is 1. The molecule has 5 heteroatoms. The first-order valence-electron chi connectivity index (χ1n) is 7.12.